The third-order valence-electron chi connectivity index (χ3n) is 6.86. The predicted octanol–water partition coefficient (Wildman–Crippen LogP) is 3.72. The summed E-state index contributed by atoms with van der Waals surface area (Å²) in [6, 6.07) is 7.56. The Balaban J connectivity index is 1.30. The molecule has 2 aromatic rings. The minimum absolute atomic E-state index is 0.0151. The highest BCUT2D eigenvalue weighted by molar-refractivity contribution is 5.99. The fourth-order valence-corrected chi connectivity index (χ4v) is 6.08. The van der Waals surface area contributed by atoms with Crippen LogP contribution in [0.4, 0.5) is 0 Å². The number of para-hydroxylation sites is 1. The van der Waals surface area contributed by atoms with E-state index in [1.165, 1.54) is 19.3 Å². The van der Waals surface area contributed by atoms with Crippen LogP contribution in [0.25, 0.3) is 11.0 Å². The molecule has 0 atom stereocenters. The van der Waals surface area contributed by atoms with Gasteiger partial charge in [0.05, 0.1) is 5.41 Å². The first kappa shape index (κ1) is 15.9. The van der Waals surface area contributed by atoms with E-state index in [4.69, 9.17) is 4.42 Å². The number of hydrogen-bond donors (Lipinski definition) is 2. The number of carbonyl (C=O) groups excluding carboxylic acids is 2. The first-order valence-electron chi connectivity index (χ1n) is 9.63. The molecule has 0 aliphatic heterocycles. The molecule has 5 heteroatoms. The number of nitrogens with one attached hydrogen (secondary N) is 2. The quantitative estimate of drug-likeness (QED) is 0.809. The van der Waals surface area contributed by atoms with Crippen molar-refractivity contribution in [3.05, 3.63) is 35.6 Å². The van der Waals surface area contributed by atoms with Crippen molar-refractivity contribution in [1.82, 2.24) is 10.9 Å². The zero-order valence-corrected chi connectivity index (χ0v) is 15.0. The highest BCUT2D eigenvalue weighted by Crippen LogP contribution is 2.60. The minimum atomic E-state index is -0.392. The third-order valence-corrected chi connectivity index (χ3v) is 6.86. The standard InChI is InChI=1S/C21H24N2O3/c1-12-16-4-2-3-5-17(16)26-18(12)19(24)22-23-20(25)21-9-13-6-14(10-21)8-15(7-13)11-21/h2-5,13-15H,6-11H2,1H3,(H,22,24)(H,23,25). The lowest BCUT2D eigenvalue weighted by Gasteiger charge is -2.55. The van der Waals surface area contributed by atoms with Crippen molar-refractivity contribution in [1.29, 1.82) is 0 Å². The molecule has 0 unspecified atom stereocenters. The fraction of sp³-hybridized carbons (Fsp3) is 0.524. The third kappa shape index (κ3) is 2.37. The van der Waals surface area contributed by atoms with Gasteiger partial charge in [0.15, 0.2) is 5.76 Å². The fourth-order valence-electron chi connectivity index (χ4n) is 6.08. The van der Waals surface area contributed by atoms with E-state index in [2.05, 4.69) is 10.9 Å². The summed E-state index contributed by atoms with van der Waals surface area (Å²) in [5.74, 6) is 1.94. The number of aryl methyl sites for hydroxylation is 1. The summed E-state index contributed by atoms with van der Waals surface area (Å²) in [7, 11) is 0. The summed E-state index contributed by atoms with van der Waals surface area (Å²) in [6.07, 6.45) is 6.80. The molecule has 4 aliphatic rings. The number of rotatable bonds is 2. The van der Waals surface area contributed by atoms with Gasteiger partial charge in [-0.3, -0.25) is 20.4 Å². The van der Waals surface area contributed by atoms with Crippen molar-refractivity contribution in [2.75, 3.05) is 0 Å². The van der Waals surface area contributed by atoms with Crippen LogP contribution in [0.5, 0.6) is 0 Å². The number of hydrazine groups is 1. The lowest BCUT2D eigenvalue weighted by Crippen LogP contribution is -2.56. The number of benzene rings is 1. The van der Waals surface area contributed by atoms with E-state index in [-0.39, 0.29) is 17.1 Å². The Morgan fingerprint density at radius 2 is 1.62 bits per heavy atom. The van der Waals surface area contributed by atoms with Crippen molar-refractivity contribution < 1.29 is 14.0 Å². The Morgan fingerprint density at radius 1 is 1.00 bits per heavy atom. The molecule has 4 aliphatic carbocycles. The number of amides is 2. The van der Waals surface area contributed by atoms with E-state index in [9.17, 15) is 9.59 Å². The van der Waals surface area contributed by atoms with Crippen LogP contribution in [0.2, 0.25) is 0 Å². The first-order chi connectivity index (χ1) is 12.5. The summed E-state index contributed by atoms with van der Waals surface area (Å²) in [5.41, 5.74) is 6.51. The maximum atomic E-state index is 12.9. The molecule has 4 saturated carbocycles. The highest BCUT2D eigenvalue weighted by atomic mass is 16.3. The molecule has 5 nitrogen and oxygen atoms in total. The Hall–Kier alpha value is -2.30. The molecule has 4 fully saturated rings. The Morgan fingerprint density at radius 3 is 2.23 bits per heavy atom. The molecular formula is C21H24N2O3. The van der Waals surface area contributed by atoms with Crippen LogP contribution in [-0.4, -0.2) is 11.8 Å². The largest absolute Gasteiger partial charge is 0.451 e. The maximum absolute atomic E-state index is 12.9. The van der Waals surface area contributed by atoms with Gasteiger partial charge in [-0.05, 0) is 69.3 Å². The minimum Gasteiger partial charge on any atom is -0.451 e. The van der Waals surface area contributed by atoms with Gasteiger partial charge in [-0.25, -0.2) is 0 Å². The van der Waals surface area contributed by atoms with Gasteiger partial charge in [-0.2, -0.15) is 0 Å². The second-order valence-corrected chi connectivity index (χ2v) is 8.66. The number of furan rings is 1. The van der Waals surface area contributed by atoms with E-state index in [0.717, 1.165) is 30.2 Å². The van der Waals surface area contributed by atoms with Crippen molar-refractivity contribution >= 4 is 22.8 Å². The maximum Gasteiger partial charge on any atom is 0.305 e. The number of carbonyl (C=O) groups is 2. The topological polar surface area (TPSA) is 71.3 Å². The molecule has 1 heterocycles. The molecule has 2 N–H and O–H groups in total. The van der Waals surface area contributed by atoms with Gasteiger partial charge in [0.2, 0.25) is 5.91 Å². The second-order valence-electron chi connectivity index (χ2n) is 8.66. The van der Waals surface area contributed by atoms with Gasteiger partial charge < -0.3 is 4.42 Å². The molecule has 2 amide bonds. The van der Waals surface area contributed by atoms with Gasteiger partial charge in [0.1, 0.15) is 5.58 Å². The van der Waals surface area contributed by atoms with E-state index in [1.807, 2.05) is 31.2 Å². The lowest BCUT2D eigenvalue weighted by molar-refractivity contribution is -0.147. The van der Waals surface area contributed by atoms with Crippen LogP contribution in [0.1, 0.15) is 54.6 Å². The van der Waals surface area contributed by atoms with Crippen LogP contribution in [0.3, 0.4) is 0 Å². The van der Waals surface area contributed by atoms with Crippen molar-refractivity contribution in [2.45, 2.75) is 45.4 Å². The second kappa shape index (κ2) is 5.60. The zero-order valence-electron chi connectivity index (χ0n) is 15.0. The van der Waals surface area contributed by atoms with Crippen LogP contribution < -0.4 is 10.9 Å². The molecule has 26 heavy (non-hydrogen) atoms. The van der Waals surface area contributed by atoms with E-state index >= 15 is 0 Å². The smallest absolute Gasteiger partial charge is 0.305 e. The summed E-state index contributed by atoms with van der Waals surface area (Å²) >= 11 is 0. The lowest BCUT2D eigenvalue weighted by atomic mass is 9.49. The molecule has 6 rings (SSSR count). The van der Waals surface area contributed by atoms with Crippen LogP contribution in [-0.2, 0) is 4.79 Å². The Kier molecular flexibility index (Phi) is 3.43. The summed E-state index contributed by atoms with van der Waals surface area (Å²) in [4.78, 5) is 25.5. The zero-order chi connectivity index (χ0) is 17.9. The van der Waals surface area contributed by atoms with E-state index < -0.39 is 5.91 Å². The number of hydrogen-bond acceptors (Lipinski definition) is 3. The van der Waals surface area contributed by atoms with Crippen LogP contribution >= 0.6 is 0 Å². The van der Waals surface area contributed by atoms with Crippen LogP contribution in [0.15, 0.2) is 28.7 Å². The number of fused-ring (bicyclic) bond motifs is 1. The average Bonchev–Trinajstić information content (AvgIpc) is 2.95. The molecular weight excluding hydrogens is 328 g/mol. The van der Waals surface area contributed by atoms with Crippen LogP contribution in [0, 0.1) is 30.1 Å². The molecule has 1 aromatic carbocycles. The molecule has 0 radical (unpaired) electrons. The van der Waals surface area contributed by atoms with Gasteiger partial charge in [-0.1, -0.05) is 18.2 Å². The SMILES string of the molecule is Cc1c(C(=O)NNC(=O)C23CC4CC(CC(C4)C2)C3)oc2ccccc12. The molecule has 4 bridgehead atoms. The van der Waals surface area contributed by atoms with Crippen molar-refractivity contribution in [3.8, 4) is 0 Å². The first-order valence-corrected chi connectivity index (χ1v) is 9.63. The average molecular weight is 352 g/mol. The van der Waals surface area contributed by atoms with Gasteiger partial charge in [0, 0.05) is 10.9 Å². The monoisotopic (exact) mass is 352 g/mol. The predicted molar refractivity (Wildman–Crippen MR) is 97.2 cm³/mol. The molecule has 0 spiro atoms. The summed E-state index contributed by atoms with van der Waals surface area (Å²) < 4.78 is 5.68. The Labute approximate surface area is 152 Å². The van der Waals surface area contributed by atoms with Gasteiger partial charge in [0.25, 0.3) is 0 Å². The molecule has 0 saturated heterocycles. The van der Waals surface area contributed by atoms with E-state index in [1.54, 1.807) is 0 Å². The molecule has 1 aromatic heterocycles. The van der Waals surface area contributed by atoms with Crippen molar-refractivity contribution in [2.24, 2.45) is 23.2 Å². The summed E-state index contributed by atoms with van der Waals surface area (Å²) in [6.45, 7) is 1.86. The molecule has 136 valence electrons. The van der Waals surface area contributed by atoms with Gasteiger partial charge in [-0.15, -0.1) is 0 Å². The Bertz CT molecular complexity index is 863. The summed E-state index contributed by atoms with van der Waals surface area (Å²) in [5, 5.41) is 0.921. The van der Waals surface area contributed by atoms with E-state index in [0.29, 0.717) is 23.3 Å². The van der Waals surface area contributed by atoms with Crippen molar-refractivity contribution in [3.63, 3.8) is 0 Å². The highest BCUT2D eigenvalue weighted by Gasteiger charge is 2.54. The normalized spacial score (nSPS) is 32.0. The van der Waals surface area contributed by atoms with Gasteiger partial charge >= 0.3 is 5.91 Å².